The van der Waals surface area contributed by atoms with Crippen LogP contribution in [0.2, 0.25) is 0 Å². The molecule has 7 heteroatoms. The van der Waals surface area contributed by atoms with Crippen LogP contribution in [-0.2, 0) is 9.59 Å². The van der Waals surface area contributed by atoms with Crippen molar-refractivity contribution in [2.45, 2.75) is 32.4 Å². The van der Waals surface area contributed by atoms with E-state index in [1.807, 2.05) is 13.8 Å². The van der Waals surface area contributed by atoms with E-state index < -0.39 is 6.04 Å². The third kappa shape index (κ3) is 2.50. The van der Waals surface area contributed by atoms with Gasteiger partial charge in [0.05, 0.1) is 18.8 Å². The van der Waals surface area contributed by atoms with Gasteiger partial charge in [0.2, 0.25) is 5.91 Å². The number of imide groups is 1. The number of likely N-dealkylation sites (tertiary alicyclic amines) is 1. The molecule has 1 aliphatic rings. The Bertz CT molecular complexity index is 474. The fraction of sp³-hybridized carbons (Fsp3) is 0.455. The van der Waals surface area contributed by atoms with Gasteiger partial charge in [-0.1, -0.05) is 0 Å². The lowest BCUT2D eigenvalue weighted by Gasteiger charge is -2.19. The second kappa shape index (κ2) is 5.01. The summed E-state index contributed by atoms with van der Waals surface area (Å²) in [5, 5.41) is 2.93. The van der Waals surface area contributed by atoms with Gasteiger partial charge in [0.1, 0.15) is 16.5 Å². The summed E-state index contributed by atoms with van der Waals surface area (Å²) in [6.45, 7) is 3.63. The first kappa shape index (κ1) is 12.9. The molecule has 2 rings (SSSR count). The van der Waals surface area contributed by atoms with Gasteiger partial charge in [0.15, 0.2) is 0 Å². The summed E-state index contributed by atoms with van der Waals surface area (Å²) in [6.07, 6.45) is 3.21. The lowest BCUT2D eigenvalue weighted by Crippen LogP contribution is -2.39. The monoisotopic (exact) mass is 312 g/mol. The molecule has 0 aromatic carbocycles. The van der Waals surface area contributed by atoms with Crippen LogP contribution in [0.4, 0.5) is 5.82 Å². The topological polar surface area (TPSA) is 75.2 Å². The van der Waals surface area contributed by atoms with Crippen molar-refractivity contribution in [1.82, 2.24) is 14.9 Å². The molecule has 0 aliphatic carbocycles. The number of hydrogen-bond acceptors (Lipinski definition) is 5. The zero-order valence-electron chi connectivity index (χ0n) is 10.1. The van der Waals surface area contributed by atoms with E-state index in [1.165, 1.54) is 17.3 Å². The predicted octanol–water partition coefficient (Wildman–Crippen LogP) is 1.19. The molecule has 1 atom stereocenters. The molecule has 0 radical (unpaired) electrons. The summed E-state index contributed by atoms with van der Waals surface area (Å²) in [5.41, 5.74) is 0. The zero-order valence-corrected chi connectivity index (χ0v) is 11.6. The van der Waals surface area contributed by atoms with Crippen LogP contribution >= 0.6 is 15.9 Å². The number of carbonyl (C=O) groups is 2. The Balaban J connectivity index is 2.10. The molecule has 1 aromatic rings. The number of nitrogens with zero attached hydrogens (tertiary/aromatic N) is 3. The third-order valence-corrected chi connectivity index (χ3v) is 3.05. The van der Waals surface area contributed by atoms with Gasteiger partial charge in [-0.25, -0.2) is 9.97 Å². The Morgan fingerprint density at radius 3 is 2.61 bits per heavy atom. The Hall–Kier alpha value is -1.50. The molecule has 1 saturated heterocycles. The van der Waals surface area contributed by atoms with E-state index in [2.05, 4.69) is 31.2 Å². The van der Waals surface area contributed by atoms with Crippen molar-refractivity contribution < 1.29 is 9.59 Å². The second-order valence-electron chi connectivity index (χ2n) is 4.32. The SMILES string of the molecule is CC(C)N1C(=O)CC(Nc2cnc(Br)cn2)C1=O. The molecule has 0 spiro atoms. The maximum absolute atomic E-state index is 12.0. The highest BCUT2D eigenvalue weighted by Crippen LogP contribution is 2.19. The number of anilines is 1. The van der Waals surface area contributed by atoms with Gasteiger partial charge < -0.3 is 5.32 Å². The van der Waals surface area contributed by atoms with E-state index >= 15 is 0 Å². The van der Waals surface area contributed by atoms with Gasteiger partial charge in [-0.2, -0.15) is 0 Å². The average molecular weight is 313 g/mol. The van der Waals surface area contributed by atoms with E-state index in [-0.39, 0.29) is 24.3 Å². The van der Waals surface area contributed by atoms with Crippen molar-refractivity contribution >= 4 is 33.6 Å². The first-order chi connectivity index (χ1) is 8.49. The molecule has 2 amide bonds. The molecule has 2 heterocycles. The predicted molar refractivity (Wildman–Crippen MR) is 68.7 cm³/mol. The number of amides is 2. The Morgan fingerprint density at radius 2 is 2.11 bits per heavy atom. The Morgan fingerprint density at radius 1 is 1.39 bits per heavy atom. The summed E-state index contributed by atoms with van der Waals surface area (Å²) in [5.74, 6) is 0.118. The first-order valence-electron chi connectivity index (χ1n) is 5.59. The summed E-state index contributed by atoms with van der Waals surface area (Å²) in [7, 11) is 0. The van der Waals surface area contributed by atoms with Crippen molar-refractivity contribution in [2.75, 3.05) is 5.32 Å². The number of nitrogens with one attached hydrogen (secondary N) is 1. The molecular formula is C11H13BrN4O2. The lowest BCUT2D eigenvalue weighted by atomic mass is 10.2. The number of aromatic nitrogens is 2. The Labute approximate surface area is 113 Å². The minimum absolute atomic E-state index is 0.118. The van der Waals surface area contributed by atoms with Crippen molar-refractivity contribution in [1.29, 1.82) is 0 Å². The van der Waals surface area contributed by atoms with Gasteiger partial charge >= 0.3 is 0 Å². The number of halogens is 1. The van der Waals surface area contributed by atoms with Gasteiger partial charge in [0, 0.05) is 6.04 Å². The fourth-order valence-corrected chi connectivity index (χ4v) is 2.08. The summed E-state index contributed by atoms with van der Waals surface area (Å²) in [6, 6.07) is -0.664. The van der Waals surface area contributed by atoms with Crippen LogP contribution in [0.5, 0.6) is 0 Å². The maximum atomic E-state index is 12.0. The molecule has 6 nitrogen and oxygen atoms in total. The molecule has 18 heavy (non-hydrogen) atoms. The number of rotatable bonds is 3. The highest BCUT2D eigenvalue weighted by atomic mass is 79.9. The normalized spacial score (nSPS) is 19.8. The molecule has 0 bridgehead atoms. The molecule has 1 fully saturated rings. The molecule has 1 aliphatic heterocycles. The molecule has 1 aromatic heterocycles. The smallest absolute Gasteiger partial charge is 0.252 e. The van der Waals surface area contributed by atoms with Crippen LogP contribution < -0.4 is 5.32 Å². The highest BCUT2D eigenvalue weighted by Gasteiger charge is 2.39. The van der Waals surface area contributed by atoms with Crippen LogP contribution in [-0.4, -0.2) is 38.8 Å². The maximum Gasteiger partial charge on any atom is 0.252 e. The zero-order chi connectivity index (χ0) is 13.3. The molecule has 96 valence electrons. The minimum atomic E-state index is -0.546. The molecular weight excluding hydrogens is 300 g/mol. The molecule has 0 saturated carbocycles. The van der Waals surface area contributed by atoms with Crippen LogP contribution in [0, 0.1) is 0 Å². The first-order valence-corrected chi connectivity index (χ1v) is 6.38. The summed E-state index contributed by atoms with van der Waals surface area (Å²) in [4.78, 5) is 33.1. The third-order valence-electron chi connectivity index (χ3n) is 2.64. The second-order valence-corrected chi connectivity index (χ2v) is 5.13. The van der Waals surface area contributed by atoms with Crippen LogP contribution in [0.3, 0.4) is 0 Å². The van der Waals surface area contributed by atoms with E-state index in [4.69, 9.17) is 0 Å². The Kier molecular flexibility index (Phi) is 3.60. The summed E-state index contributed by atoms with van der Waals surface area (Å²) < 4.78 is 0.616. The summed E-state index contributed by atoms with van der Waals surface area (Å²) >= 11 is 3.18. The van der Waals surface area contributed by atoms with Crippen LogP contribution in [0.15, 0.2) is 17.0 Å². The van der Waals surface area contributed by atoms with Gasteiger partial charge in [-0.3, -0.25) is 14.5 Å². The van der Waals surface area contributed by atoms with Crippen LogP contribution in [0.25, 0.3) is 0 Å². The van der Waals surface area contributed by atoms with E-state index in [1.54, 1.807) is 0 Å². The van der Waals surface area contributed by atoms with Crippen LogP contribution in [0.1, 0.15) is 20.3 Å². The van der Waals surface area contributed by atoms with E-state index in [0.29, 0.717) is 10.4 Å². The van der Waals surface area contributed by atoms with Crippen molar-refractivity contribution in [2.24, 2.45) is 0 Å². The average Bonchev–Trinajstić information content (AvgIpc) is 2.57. The standard InChI is InChI=1S/C11H13BrN4O2/c1-6(2)16-10(17)3-7(11(16)18)15-9-5-13-8(12)4-14-9/h4-7H,3H2,1-2H3,(H,14,15). The number of hydrogen-bond donors (Lipinski definition) is 1. The van der Waals surface area contributed by atoms with Crippen molar-refractivity contribution in [3.05, 3.63) is 17.0 Å². The van der Waals surface area contributed by atoms with E-state index in [0.717, 1.165) is 0 Å². The van der Waals surface area contributed by atoms with Gasteiger partial charge in [0.25, 0.3) is 5.91 Å². The van der Waals surface area contributed by atoms with Crippen molar-refractivity contribution in [3.63, 3.8) is 0 Å². The largest absolute Gasteiger partial charge is 0.357 e. The quantitative estimate of drug-likeness (QED) is 0.848. The molecule has 1 unspecified atom stereocenters. The lowest BCUT2D eigenvalue weighted by molar-refractivity contribution is -0.140. The minimum Gasteiger partial charge on any atom is -0.357 e. The highest BCUT2D eigenvalue weighted by molar-refractivity contribution is 9.10. The van der Waals surface area contributed by atoms with E-state index in [9.17, 15) is 9.59 Å². The molecule has 1 N–H and O–H groups in total. The van der Waals surface area contributed by atoms with Gasteiger partial charge in [-0.15, -0.1) is 0 Å². The number of carbonyl (C=O) groups excluding carboxylic acids is 2. The van der Waals surface area contributed by atoms with Gasteiger partial charge in [-0.05, 0) is 29.8 Å². The fourth-order valence-electron chi connectivity index (χ4n) is 1.87. The van der Waals surface area contributed by atoms with Crippen molar-refractivity contribution in [3.8, 4) is 0 Å².